The van der Waals surface area contributed by atoms with Crippen LogP contribution in [-0.2, 0) is 6.61 Å². The summed E-state index contributed by atoms with van der Waals surface area (Å²) in [4.78, 5) is 7.00. The van der Waals surface area contributed by atoms with E-state index in [9.17, 15) is 5.11 Å². The van der Waals surface area contributed by atoms with Gasteiger partial charge in [-0.2, -0.15) is 0 Å². The number of anilines is 1. The van der Waals surface area contributed by atoms with E-state index in [-0.39, 0.29) is 6.61 Å². The maximum atomic E-state index is 9.46. The molecule has 0 spiro atoms. The SMILES string of the molecule is CC1CCCN(c2cc(CO)nc3ccccc23)C1C. The Balaban J connectivity index is 2.13. The number of aliphatic hydroxyl groups excluding tert-OH is 1. The summed E-state index contributed by atoms with van der Waals surface area (Å²) in [6, 6.07) is 10.8. The molecule has 1 aromatic carbocycles. The standard InChI is InChI=1S/C17H22N2O/c1-12-6-5-9-19(13(12)2)17-10-14(11-20)18-16-8-4-3-7-15(16)17/h3-4,7-8,10,12-13,20H,5-6,9,11H2,1-2H3. The van der Waals surface area contributed by atoms with Crippen molar-refractivity contribution >= 4 is 16.6 Å². The molecule has 1 aliphatic heterocycles. The molecule has 1 saturated heterocycles. The monoisotopic (exact) mass is 270 g/mol. The van der Waals surface area contributed by atoms with Gasteiger partial charge >= 0.3 is 0 Å². The molecule has 0 aliphatic carbocycles. The molecule has 1 aromatic heterocycles. The minimum absolute atomic E-state index is 0.00436. The summed E-state index contributed by atoms with van der Waals surface area (Å²) < 4.78 is 0. The van der Waals surface area contributed by atoms with E-state index in [1.54, 1.807) is 0 Å². The van der Waals surface area contributed by atoms with Crippen LogP contribution in [0.1, 0.15) is 32.4 Å². The van der Waals surface area contributed by atoms with Crippen LogP contribution in [0.15, 0.2) is 30.3 Å². The van der Waals surface area contributed by atoms with Gasteiger partial charge in [-0.3, -0.25) is 4.98 Å². The number of para-hydroxylation sites is 1. The average molecular weight is 270 g/mol. The van der Waals surface area contributed by atoms with Crippen LogP contribution in [0.3, 0.4) is 0 Å². The average Bonchev–Trinajstić information content (AvgIpc) is 2.49. The van der Waals surface area contributed by atoms with E-state index >= 15 is 0 Å². The summed E-state index contributed by atoms with van der Waals surface area (Å²) in [6.45, 7) is 5.71. The first-order valence-corrected chi connectivity index (χ1v) is 7.47. The molecule has 0 saturated carbocycles. The van der Waals surface area contributed by atoms with Gasteiger partial charge in [0, 0.05) is 23.7 Å². The van der Waals surface area contributed by atoms with E-state index in [0.29, 0.717) is 12.0 Å². The highest BCUT2D eigenvalue weighted by atomic mass is 16.3. The fourth-order valence-corrected chi connectivity index (χ4v) is 3.20. The smallest absolute Gasteiger partial charge is 0.0854 e. The largest absolute Gasteiger partial charge is 0.390 e. The predicted octanol–water partition coefficient (Wildman–Crippen LogP) is 3.35. The third-order valence-electron chi connectivity index (χ3n) is 4.59. The van der Waals surface area contributed by atoms with E-state index < -0.39 is 0 Å². The molecular weight excluding hydrogens is 248 g/mol. The molecule has 3 heteroatoms. The van der Waals surface area contributed by atoms with Crippen molar-refractivity contribution in [3.63, 3.8) is 0 Å². The Morgan fingerprint density at radius 1 is 1.30 bits per heavy atom. The second kappa shape index (κ2) is 5.41. The number of aromatic nitrogens is 1. The van der Waals surface area contributed by atoms with Crippen molar-refractivity contribution in [1.82, 2.24) is 4.98 Å². The quantitative estimate of drug-likeness (QED) is 0.909. The molecule has 0 radical (unpaired) electrons. The summed E-state index contributed by atoms with van der Waals surface area (Å²) in [6.07, 6.45) is 2.53. The Kier molecular flexibility index (Phi) is 3.62. The van der Waals surface area contributed by atoms with Gasteiger partial charge in [0.25, 0.3) is 0 Å². The van der Waals surface area contributed by atoms with Crippen molar-refractivity contribution in [3.8, 4) is 0 Å². The van der Waals surface area contributed by atoms with E-state index in [1.807, 2.05) is 12.1 Å². The summed E-state index contributed by atoms with van der Waals surface area (Å²) in [7, 11) is 0. The molecule has 106 valence electrons. The van der Waals surface area contributed by atoms with Gasteiger partial charge in [0.05, 0.1) is 17.8 Å². The first-order chi connectivity index (χ1) is 9.70. The summed E-state index contributed by atoms with van der Waals surface area (Å²) in [5.41, 5.74) is 2.95. The lowest BCUT2D eigenvalue weighted by atomic mass is 9.91. The number of nitrogens with zero attached hydrogens (tertiary/aromatic N) is 2. The fourth-order valence-electron chi connectivity index (χ4n) is 3.20. The topological polar surface area (TPSA) is 36.4 Å². The van der Waals surface area contributed by atoms with Gasteiger partial charge in [0.15, 0.2) is 0 Å². The molecule has 2 heterocycles. The van der Waals surface area contributed by atoms with E-state index in [1.165, 1.54) is 23.9 Å². The number of rotatable bonds is 2. The molecule has 1 N–H and O–H groups in total. The van der Waals surface area contributed by atoms with Crippen LogP contribution in [0.4, 0.5) is 5.69 Å². The van der Waals surface area contributed by atoms with E-state index in [2.05, 4.69) is 41.9 Å². The number of hydrogen-bond donors (Lipinski definition) is 1. The Morgan fingerprint density at radius 3 is 2.90 bits per heavy atom. The molecule has 3 rings (SSSR count). The van der Waals surface area contributed by atoms with Crippen molar-refractivity contribution in [2.24, 2.45) is 5.92 Å². The van der Waals surface area contributed by atoms with Crippen LogP contribution in [0, 0.1) is 5.92 Å². The maximum absolute atomic E-state index is 9.46. The third kappa shape index (κ3) is 2.27. The normalized spacial score (nSPS) is 23.2. The Hall–Kier alpha value is -1.61. The van der Waals surface area contributed by atoms with Crippen LogP contribution in [0.5, 0.6) is 0 Å². The zero-order chi connectivity index (χ0) is 14.1. The first-order valence-electron chi connectivity index (χ1n) is 7.47. The molecule has 0 bridgehead atoms. The predicted molar refractivity (Wildman–Crippen MR) is 82.9 cm³/mol. The van der Waals surface area contributed by atoms with Gasteiger partial charge < -0.3 is 10.0 Å². The van der Waals surface area contributed by atoms with Crippen LogP contribution >= 0.6 is 0 Å². The first kappa shape index (κ1) is 13.4. The Bertz CT molecular complexity index is 611. The second-order valence-corrected chi connectivity index (χ2v) is 5.86. The summed E-state index contributed by atoms with van der Waals surface area (Å²) in [5.74, 6) is 0.702. The number of piperidine rings is 1. The van der Waals surface area contributed by atoms with Crippen LogP contribution in [0.25, 0.3) is 10.9 Å². The number of aliphatic hydroxyl groups is 1. The zero-order valence-corrected chi connectivity index (χ0v) is 12.2. The van der Waals surface area contributed by atoms with Gasteiger partial charge in [-0.1, -0.05) is 25.1 Å². The molecule has 2 unspecified atom stereocenters. The van der Waals surface area contributed by atoms with E-state index in [0.717, 1.165) is 17.8 Å². The van der Waals surface area contributed by atoms with Gasteiger partial charge in [-0.15, -0.1) is 0 Å². The zero-order valence-electron chi connectivity index (χ0n) is 12.2. The fraction of sp³-hybridized carbons (Fsp3) is 0.471. The molecule has 2 atom stereocenters. The van der Waals surface area contributed by atoms with Crippen molar-refractivity contribution < 1.29 is 5.11 Å². The Labute approximate surface area is 120 Å². The van der Waals surface area contributed by atoms with Crippen molar-refractivity contribution in [1.29, 1.82) is 0 Å². The van der Waals surface area contributed by atoms with Crippen LogP contribution < -0.4 is 4.90 Å². The van der Waals surface area contributed by atoms with Gasteiger partial charge in [-0.25, -0.2) is 0 Å². The van der Waals surface area contributed by atoms with Gasteiger partial charge in [0.2, 0.25) is 0 Å². The van der Waals surface area contributed by atoms with Crippen LogP contribution in [0.2, 0.25) is 0 Å². The molecule has 3 nitrogen and oxygen atoms in total. The summed E-state index contributed by atoms with van der Waals surface area (Å²) >= 11 is 0. The third-order valence-corrected chi connectivity index (χ3v) is 4.59. The van der Waals surface area contributed by atoms with Gasteiger partial charge in [0.1, 0.15) is 0 Å². The molecule has 1 aliphatic rings. The lowest BCUT2D eigenvalue weighted by Crippen LogP contribution is -2.42. The van der Waals surface area contributed by atoms with Crippen molar-refractivity contribution in [2.75, 3.05) is 11.4 Å². The molecule has 0 amide bonds. The number of hydrogen-bond acceptors (Lipinski definition) is 3. The molecular formula is C17H22N2O. The van der Waals surface area contributed by atoms with Crippen molar-refractivity contribution in [3.05, 3.63) is 36.0 Å². The highest BCUT2D eigenvalue weighted by Crippen LogP contribution is 2.33. The minimum Gasteiger partial charge on any atom is -0.390 e. The molecule has 2 aromatic rings. The number of fused-ring (bicyclic) bond motifs is 1. The highest BCUT2D eigenvalue weighted by Gasteiger charge is 2.26. The second-order valence-electron chi connectivity index (χ2n) is 5.86. The minimum atomic E-state index is -0.00436. The Morgan fingerprint density at radius 2 is 2.10 bits per heavy atom. The number of pyridine rings is 1. The number of benzene rings is 1. The molecule has 1 fully saturated rings. The maximum Gasteiger partial charge on any atom is 0.0854 e. The van der Waals surface area contributed by atoms with E-state index in [4.69, 9.17) is 0 Å². The van der Waals surface area contributed by atoms with Crippen molar-refractivity contribution in [2.45, 2.75) is 39.3 Å². The lowest BCUT2D eigenvalue weighted by molar-refractivity contribution is 0.277. The lowest BCUT2D eigenvalue weighted by Gasteiger charge is -2.40. The highest BCUT2D eigenvalue weighted by molar-refractivity contribution is 5.92. The summed E-state index contributed by atoms with van der Waals surface area (Å²) in [5, 5.41) is 10.6. The molecule has 20 heavy (non-hydrogen) atoms. The van der Waals surface area contributed by atoms with Gasteiger partial charge in [-0.05, 0) is 37.8 Å². The van der Waals surface area contributed by atoms with Crippen LogP contribution in [-0.4, -0.2) is 22.7 Å².